The second kappa shape index (κ2) is 7.50. The van der Waals surface area contributed by atoms with Gasteiger partial charge in [0.1, 0.15) is 10.6 Å². The average Bonchev–Trinajstić information content (AvgIpc) is 2.43. The van der Waals surface area contributed by atoms with E-state index < -0.39 is 9.84 Å². The molecule has 0 aromatic heterocycles. The van der Waals surface area contributed by atoms with E-state index in [0.29, 0.717) is 18.2 Å². The first-order chi connectivity index (χ1) is 9.05. The molecule has 0 aliphatic rings. The van der Waals surface area contributed by atoms with E-state index in [-0.39, 0.29) is 10.6 Å². The van der Waals surface area contributed by atoms with Crippen LogP contribution in [-0.4, -0.2) is 34.4 Å². The molecule has 0 amide bonds. The standard InChI is InChI=1S/C14H23NO3S/c1-4-12(15-2)8-7-11-19(16,17)14-10-6-5-9-13(14)18-3/h5-6,9-10,12,15H,4,7-8,11H2,1-3H3. The zero-order valence-corrected chi connectivity index (χ0v) is 12.7. The lowest BCUT2D eigenvalue weighted by Gasteiger charge is -2.14. The van der Waals surface area contributed by atoms with E-state index in [2.05, 4.69) is 12.2 Å². The van der Waals surface area contributed by atoms with Gasteiger partial charge in [0.25, 0.3) is 0 Å². The zero-order chi connectivity index (χ0) is 14.3. The van der Waals surface area contributed by atoms with Crippen LogP contribution in [0.2, 0.25) is 0 Å². The van der Waals surface area contributed by atoms with Crippen LogP contribution < -0.4 is 10.1 Å². The van der Waals surface area contributed by atoms with Crippen LogP contribution in [-0.2, 0) is 9.84 Å². The molecule has 5 heteroatoms. The molecule has 1 unspecified atom stereocenters. The van der Waals surface area contributed by atoms with Crippen molar-refractivity contribution in [3.05, 3.63) is 24.3 Å². The number of sulfone groups is 1. The number of benzene rings is 1. The van der Waals surface area contributed by atoms with E-state index in [0.717, 1.165) is 12.8 Å². The molecule has 0 saturated heterocycles. The summed E-state index contributed by atoms with van der Waals surface area (Å²) in [7, 11) is 0.126. The quantitative estimate of drug-likeness (QED) is 0.796. The van der Waals surface area contributed by atoms with Crippen LogP contribution in [0.4, 0.5) is 0 Å². The number of rotatable bonds is 8. The van der Waals surface area contributed by atoms with Gasteiger partial charge >= 0.3 is 0 Å². The van der Waals surface area contributed by atoms with Crippen molar-refractivity contribution in [2.45, 2.75) is 37.1 Å². The predicted octanol–water partition coefficient (Wildman–Crippen LogP) is 2.25. The predicted molar refractivity (Wildman–Crippen MR) is 77.4 cm³/mol. The zero-order valence-electron chi connectivity index (χ0n) is 11.8. The van der Waals surface area contributed by atoms with Crippen LogP contribution in [0.15, 0.2) is 29.2 Å². The number of hydrogen-bond acceptors (Lipinski definition) is 4. The van der Waals surface area contributed by atoms with Crippen LogP contribution in [0.3, 0.4) is 0 Å². The molecule has 0 bridgehead atoms. The van der Waals surface area contributed by atoms with Crippen molar-refractivity contribution in [2.24, 2.45) is 0 Å². The maximum absolute atomic E-state index is 12.3. The molecule has 19 heavy (non-hydrogen) atoms. The Morgan fingerprint density at radius 2 is 2.00 bits per heavy atom. The Kier molecular flexibility index (Phi) is 6.31. The van der Waals surface area contributed by atoms with Crippen LogP contribution >= 0.6 is 0 Å². The first-order valence-corrected chi connectivity index (χ1v) is 8.23. The third kappa shape index (κ3) is 4.51. The minimum absolute atomic E-state index is 0.158. The Morgan fingerprint density at radius 3 is 2.58 bits per heavy atom. The van der Waals surface area contributed by atoms with E-state index in [1.54, 1.807) is 24.3 Å². The first-order valence-electron chi connectivity index (χ1n) is 6.58. The number of nitrogens with one attached hydrogen (secondary N) is 1. The molecule has 4 nitrogen and oxygen atoms in total. The van der Waals surface area contributed by atoms with Gasteiger partial charge in [-0.1, -0.05) is 19.1 Å². The summed E-state index contributed by atoms with van der Waals surface area (Å²) in [5, 5.41) is 3.18. The first kappa shape index (κ1) is 16.0. The highest BCUT2D eigenvalue weighted by Crippen LogP contribution is 2.24. The largest absolute Gasteiger partial charge is 0.495 e. The fourth-order valence-electron chi connectivity index (χ4n) is 2.06. The highest BCUT2D eigenvalue weighted by Gasteiger charge is 2.19. The lowest BCUT2D eigenvalue weighted by molar-refractivity contribution is 0.402. The number of ether oxygens (including phenoxy) is 1. The molecule has 0 aliphatic heterocycles. The fourth-order valence-corrected chi connectivity index (χ4v) is 3.57. The van der Waals surface area contributed by atoms with E-state index in [1.807, 2.05) is 7.05 Å². The van der Waals surface area contributed by atoms with Gasteiger partial charge in [0.2, 0.25) is 0 Å². The minimum atomic E-state index is -3.27. The van der Waals surface area contributed by atoms with Crippen molar-refractivity contribution in [3.63, 3.8) is 0 Å². The highest BCUT2D eigenvalue weighted by molar-refractivity contribution is 7.91. The smallest absolute Gasteiger partial charge is 0.182 e. The van der Waals surface area contributed by atoms with Crippen molar-refractivity contribution < 1.29 is 13.2 Å². The van der Waals surface area contributed by atoms with Gasteiger partial charge in [-0.3, -0.25) is 0 Å². The topological polar surface area (TPSA) is 55.4 Å². The summed E-state index contributed by atoms with van der Waals surface area (Å²) in [4.78, 5) is 0.287. The van der Waals surface area contributed by atoms with Crippen molar-refractivity contribution in [2.75, 3.05) is 19.9 Å². The normalized spacial score (nSPS) is 13.2. The van der Waals surface area contributed by atoms with Crippen LogP contribution in [0.25, 0.3) is 0 Å². The number of hydrogen-bond donors (Lipinski definition) is 1. The van der Waals surface area contributed by atoms with E-state index in [1.165, 1.54) is 7.11 Å². The Balaban J connectivity index is 2.71. The second-order valence-electron chi connectivity index (χ2n) is 4.51. The molecule has 1 aromatic rings. The highest BCUT2D eigenvalue weighted by atomic mass is 32.2. The Labute approximate surface area is 116 Å². The van der Waals surface area contributed by atoms with Gasteiger partial charge in [-0.2, -0.15) is 0 Å². The Bertz CT molecular complexity index is 481. The van der Waals surface area contributed by atoms with E-state index in [4.69, 9.17) is 4.74 Å². The van der Waals surface area contributed by atoms with Gasteiger partial charge in [0.15, 0.2) is 9.84 Å². The Morgan fingerprint density at radius 1 is 1.32 bits per heavy atom. The number of methoxy groups -OCH3 is 1. The van der Waals surface area contributed by atoms with Gasteiger partial charge < -0.3 is 10.1 Å². The van der Waals surface area contributed by atoms with Crippen LogP contribution in [0.5, 0.6) is 5.75 Å². The molecule has 0 radical (unpaired) electrons. The molecule has 1 atom stereocenters. The Hall–Kier alpha value is -1.07. The SMILES string of the molecule is CCC(CCCS(=O)(=O)c1ccccc1OC)NC. The summed E-state index contributed by atoms with van der Waals surface area (Å²) < 4.78 is 29.6. The lowest BCUT2D eigenvalue weighted by atomic mass is 10.1. The van der Waals surface area contributed by atoms with Crippen LogP contribution in [0, 0.1) is 0 Å². The van der Waals surface area contributed by atoms with E-state index in [9.17, 15) is 8.42 Å². The van der Waals surface area contributed by atoms with Gasteiger partial charge in [0, 0.05) is 6.04 Å². The molecule has 0 heterocycles. The lowest BCUT2D eigenvalue weighted by Crippen LogP contribution is -2.24. The van der Waals surface area contributed by atoms with Gasteiger partial charge in [-0.15, -0.1) is 0 Å². The van der Waals surface area contributed by atoms with Crippen molar-refractivity contribution in [1.29, 1.82) is 0 Å². The summed E-state index contributed by atoms with van der Waals surface area (Å²) in [5.74, 6) is 0.578. The molecule has 108 valence electrons. The number of para-hydroxylation sites is 1. The molecule has 0 aliphatic carbocycles. The molecular weight excluding hydrogens is 262 g/mol. The maximum atomic E-state index is 12.3. The fraction of sp³-hybridized carbons (Fsp3) is 0.571. The second-order valence-corrected chi connectivity index (χ2v) is 6.58. The maximum Gasteiger partial charge on any atom is 0.182 e. The summed E-state index contributed by atoms with van der Waals surface area (Å²) in [6, 6.07) is 7.15. The van der Waals surface area contributed by atoms with Crippen molar-refractivity contribution >= 4 is 9.84 Å². The summed E-state index contributed by atoms with van der Waals surface area (Å²) >= 11 is 0. The third-order valence-corrected chi connectivity index (χ3v) is 5.10. The average molecular weight is 285 g/mol. The third-order valence-electron chi connectivity index (χ3n) is 3.27. The van der Waals surface area contributed by atoms with Gasteiger partial charge in [0.05, 0.1) is 12.9 Å². The van der Waals surface area contributed by atoms with Gasteiger partial charge in [-0.05, 0) is 38.4 Å². The van der Waals surface area contributed by atoms with Crippen molar-refractivity contribution in [1.82, 2.24) is 5.32 Å². The summed E-state index contributed by atoms with van der Waals surface area (Å²) in [6.07, 6.45) is 2.52. The van der Waals surface area contributed by atoms with Crippen LogP contribution in [0.1, 0.15) is 26.2 Å². The molecule has 0 saturated carbocycles. The molecule has 1 N–H and O–H groups in total. The minimum Gasteiger partial charge on any atom is -0.495 e. The summed E-state index contributed by atoms with van der Waals surface area (Å²) in [6.45, 7) is 2.09. The molecule has 1 rings (SSSR count). The molecule has 0 fully saturated rings. The van der Waals surface area contributed by atoms with E-state index >= 15 is 0 Å². The monoisotopic (exact) mass is 285 g/mol. The molecular formula is C14H23NO3S. The van der Waals surface area contributed by atoms with Gasteiger partial charge in [-0.25, -0.2) is 8.42 Å². The van der Waals surface area contributed by atoms with Crippen molar-refractivity contribution in [3.8, 4) is 5.75 Å². The summed E-state index contributed by atoms with van der Waals surface area (Å²) in [5.41, 5.74) is 0. The molecule has 0 spiro atoms. The molecule has 1 aromatic carbocycles.